The lowest BCUT2D eigenvalue weighted by atomic mass is 10.1. The van der Waals surface area contributed by atoms with Crippen molar-refractivity contribution in [3.63, 3.8) is 0 Å². The maximum Gasteiger partial charge on any atom is 0.261 e. The van der Waals surface area contributed by atoms with Crippen molar-refractivity contribution in [3.8, 4) is 5.75 Å². The molecule has 0 aliphatic rings. The second kappa shape index (κ2) is 5.85. The van der Waals surface area contributed by atoms with Gasteiger partial charge in [0.25, 0.3) is 9.05 Å². The molecule has 0 atom stereocenters. The third kappa shape index (κ3) is 3.52. The van der Waals surface area contributed by atoms with Crippen molar-refractivity contribution in [3.05, 3.63) is 59.2 Å². The standard InChI is InChI=1S/C15H15ClO3S/c1-11-8-14(9-12(2)15(11)20(16,17)18)19-10-13-6-4-3-5-7-13/h3-9H,10H2,1-2H3. The van der Waals surface area contributed by atoms with Crippen LogP contribution in [0.3, 0.4) is 0 Å². The quantitative estimate of drug-likeness (QED) is 0.807. The molecule has 0 fully saturated rings. The molecule has 20 heavy (non-hydrogen) atoms. The van der Waals surface area contributed by atoms with Gasteiger partial charge in [0.15, 0.2) is 0 Å². The fourth-order valence-electron chi connectivity index (χ4n) is 2.12. The van der Waals surface area contributed by atoms with Crippen LogP contribution >= 0.6 is 10.7 Å². The first-order chi connectivity index (χ1) is 9.38. The van der Waals surface area contributed by atoms with Crippen LogP contribution < -0.4 is 4.74 Å². The van der Waals surface area contributed by atoms with E-state index in [2.05, 4.69) is 0 Å². The molecule has 0 aliphatic heterocycles. The van der Waals surface area contributed by atoms with Gasteiger partial charge in [0.1, 0.15) is 12.4 Å². The van der Waals surface area contributed by atoms with E-state index in [0.717, 1.165) is 5.56 Å². The highest BCUT2D eigenvalue weighted by molar-refractivity contribution is 8.13. The summed E-state index contributed by atoms with van der Waals surface area (Å²) in [4.78, 5) is 0.159. The fourth-order valence-corrected chi connectivity index (χ4v) is 3.74. The van der Waals surface area contributed by atoms with Crippen LogP contribution in [0.4, 0.5) is 0 Å². The minimum Gasteiger partial charge on any atom is -0.489 e. The summed E-state index contributed by atoms with van der Waals surface area (Å²) in [5.74, 6) is 0.632. The van der Waals surface area contributed by atoms with Crippen molar-refractivity contribution < 1.29 is 13.2 Å². The molecule has 2 aromatic rings. The van der Waals surface area contributed by atoms with E-state index in [1.165, 1.54) is 0 Å². The lowest BCUT2D eigenvalue weighted by molar-refractivity contribution is 0.305. The Morgan fingerprint density at radius 2 is 1.60 bits per heavy atom. The molecule has 0 N–H and O–H groups in total. The summed E-state index contributed by atoms with van der Waals surface area (Å²) in [7, 11) is 1.69. The number of hydrogen-bond acceptors (Lipinski definition) is 3. The van der Waals surface area contributed by atoms with E-state index in [1.54, 1.807) is 26.0 Å². The predicted molar refractivity (Wildman–Crippen MR) is 79.7 cm³/mol. The predicted octanol–water partition coefficient (Wildman–Crippen LogP) is 3.81. The number of ether oxygens (including phenoxy) is 1. The number of aryl methyl sites for hydroxylation is 2. The van der Waals surface area contributed by atoms with Crippen LogP contribution in [0.15, 0.2) is 47.4 Å². The van der Waals surface area contributed by atoms with E-state index < -0.39 is 9.05 Å². The second-order valence-corrected chi connectivity index (χ2v) is 7.10. The zero-order valence-corrected chi connectivity index (χ0v) is 12.8. The molecule has 106 valence electrons. The summed E-state index contributed by atoms with van der Waals surface area (Å²) >= 11 is 0. The first-order valence-corrected chi connectivity index (χ1v) is 8.41. The number of benzene rings is 2. The molecule has 0 saturated carbocycles. The average molecular weight is 311 g/mol. The van der Waals surface area contributed by atoms with Gasteiger partial charge in [-0.05, 0) is 42.7 Å². The van der Waals surface area contributed by atoms with Crippen molar-refractivity contribution in [1.82, 2.24) is 0 Å². The zero-order chi connectivity index (χ0) is 14.8. The third-order valence-electron chi connectivity index (χ3n) is 2.93. The average Bonchev–Trinajstić information content (AvgIpc) is 2.35. The van der Waals surface area contributed by atoms with E-state index in [9.17, 15) is 8.42 Å². The van der Waals surface area contributed by atoms with Crippen LogP contribution in [0.5, 0.6) is 5.75 Å². The van der Waals surface area contributed by atoms with Gasteiger partial charge in [-0.1, -0.05) is 30.3 Å². The van der Waals surface area contributed by atoms with Crippen LogP contribution in [0.1, 0.15) is 16.7 Å². The van der Waals surface area contributed by atoms with Crippen molar-refractivity contribution in [2.75, 3.05) is 0 Å². The normalized spacial score (nSPS) is 11.3. The SMILES string of the molecule is Cc1cc(OCc2ccccc2)cc(C)c1S(=O)(=O)Cl. The fraction of sp³-hybridized carbons (Fsp3) is 0.200. The zero-order valence-electron chi connectivity index (χ0n) is 11.3. The molecule has 0 amide bonds. The molecule has 5 heteroatoms. The minimum absolute atomic E-state index is 0.159. The highest BCUT2D eigenvalue weighted by atomic mass is 35.7. The molecule has 2 rings (SSSR count). The molecular formula is C15H15ClO3S. The molecule has 0 aromatic heterocycles. The first-order valence-electron chi connectivity index (χ1n) is 6.10. The highest BCUT2D eigenvalue weighted by Crippen LogP contribution is 2.28. The highest BCUT2D eigenvalue weighted by Gasteiger charge is 2.17. The van der Waals surface area contributed by atoms with Gasteiger partial charge in [0.2, 0.25) is 0 Å². The van der Waals surface area contributed by atoms with Gasteiger partial charge in [0, 0.05) is 10.7 Å². The molecule has 0 radical (unpaired) electrons. The number of halogens is 1. The lowest BCUT2D eigenvalue weighted by Gasteiger charge is -2.11. The molecule has 0 bridgehead atoms. The molecule has 0 spiro atoms. The molecule has 3 nitrogen and oxygen atoms in total. The van der Waals surface area contributed by atoms with Crippen molar-refractivity contribution in [2.45, 2.75) is 25.3 Å². The van der Waals surface area contributed by atoms with Crippen LogP contribution in [0.25, 0.3) is 0 Å². The Morgan fingerprint density at radius 3 is 2.10 bits per heavy atom. The maximum atomic E-state index is 11.5. The van der Waals surface area contributed by atoms with Crippen LogP contribution in [0, 0.1) is 13.8 Å². The van der Waals surface area contributed by atoms with Crippen LogP contribution in [-0.2, 0) is 15.7 Å². The van der Waals surface area contributed by atoms with Gasteiger partial charge < -0.3 is 4.74 Å². The van der Waals surface area contributed by atoms with E-state index in [4.69, 9.17) is 15.4 Å². The van der Waals surface area contributed by atoms with E-state index in [-0.39, 0.29) is 4.90 Å². The van der Waals surface area contributed by atoms with E-state index in [0.29, 0.717) is 23.5 Å². The summed E-state index contributed by atoms with van der Waals surface area (Å²) < 4.78 is 28.7. The summed E-state index contributed by atoms with van der Waals surface area (Å²) in [5, 5.41) is 0. The van der Waals surface area contributed by atoms with E-state index in [1.807, 2.05) is 30.3 Å². The van der Waals surface area contributed by atoms with Gasteiger partial charge in [-0.25, -0.2) is 8.42 Å². The van der Waals surface area contributed by atoms with E-state index >= 15 is 0 Å². The Labute approximate surface area is 123 Å². The number of rotatable bonds is 4. The Hall–Kier alpha value is -1.52. The Kier molecular flexibility index (Phi) is 4.35. The lowest BCUT2D eigenvalue weighted by Crippen LogP contribution is -2.01. The summed E-state index contributed by atoms with van der Waals surface area (Å²) in [6.07, 6.45) is 0. The largest absolute Gasteiger partial charge is 0.489 e. The smallest absolute Gasteiger partial charge is 0.261 e. The monoisotopic (exact) mass is 310 g/mol. The van der Waals surface area contributed by atoms with Crippen molar-refractivity contribution in [2.24, 2.45) is 0 Å². The number of hydrogen-bond donors (Lipinski definition) is 0. The molecule has 0 saturated heterocycles. The van der Waals surface area contributed by atoms with Gasteiger partial charge in [-0.3, -0.25) is 0 Å². The summed E-state index contributed by atoms with van der Waals surface area (Å²) in [6.45, 7) is 3.85. The summed E-state index contributed by atoms with van der Waals surface area (Å²) in [5.41, 5.74) is 2.22. The Bertz CT molecular complexity index is 686. The summed E-state index contributed by atoms with van der Waals surface area (Å²) in [6, 6.07) is 13.1. The van der Waals surface area contributed by atoms with Gasteiger partial charge in [-0.2, -0.15) is 0 Å². The molecule has 0 aliphatic carbocycles. The van der Waals surface area contributed by atoms with Crippen molar-refractivity contribution >= 4 is 19.7 Å². The van der Waals surface area contributed by atoms with Crippen molar-refractivity contribution in [1.29, 1.82) is 0 Å². The third-order valence-corrected chi connectivity index (χ3v) is 4.52. The first kappa shape index (κ1) is 14.9. The Balaban J connectivity index is 2.23. The molecular weight excluding hydrogens is 296 g/mol. The topological polar surface area (TPSA) is 43.4 Å². The van der Waals surface area contributed by atoms with Gasteiger partial charge in [-0.15, -0.1) is 0 Å². The molecule has 0 heterocycles. The van der Waals surface area contributed by atoms with Gasteiger partial charge >= 0.3 is 0 Å². The van der Waals surface area contributed by atoms with Crippen LogP contribution in [-0.4, -0.2) is 8.42 Å². The Morgan fingerprint density at radius 1 is 1.05 bits per heavy atom. The van der Waals surface area contributed by atoms with Gasteiger partial charge in [0.05, 0.1) is 4.90 Å². The minimum atomic E-state index is -3.73. The molecule has 2 aromatic carbocycles. The van der Waals surface area contributed by atoms with Crippen LogP contribution in [0.2, 0.25) is 0 Å². The second-order valence-electron chi connectivity index (χ2n) is 4.60. The molecule has 0 unspecified atom stereocenters. The maximum absolute atomic E-state index is 11.5.